The quantitative estimate of drug-likeness (QED) is 0.883. The van der Waals surface area contributed by atoms with Gasteiger partial charge >= 0.3 is 0 Å². The molecule has 0 bridgehead atoms. The molecule has 0 spiro atoms. The second-order valence-electron chi connectivity index (χ2n) is 4.26. The van der Waals surface area contributed by atoms with Crippen LogP contribution in [0.25, 0.3) is 0 Å². The molecule has 1 aromatic carbocycles. The molecule has 0 saturated heterocycles. The van der Waals surface area contributed by atoms with Crippen LogP contribution in [0.3, 0.4) is 0 Å². The normalized spacial score (nSPS) is 12.6. The number of aromatic nitrogens is 2. The van der Waals surface area contributed by atoms with Gasteiger partial charge in [0.2, 0.25) is 0 Å². The highest BCUT2D eigenvalue weighted by Crippen LogP contribution is 2.22. The van der Waals surface area contributed by atoms with Gasteiger partial charge in [-0.1, -0.05) is 29.3 Å². The van der Waals surface area contributed by atoms with Crippen molar-refractivity contribution >= 4 is 23.2 Å². The van der Waals surface area contributed by atoms with E-state index in [2.05, 4.69) is 22.2 Å². The van der Waals surface area contributed by atoms with Crippen molar-refractivity contribution in [3.8, 4) is 0 Å². The molecule has 0 aliphatic heterocycles. The van der Waals surface area contributed by atoms with E-state index >= 15 is 0 Å². The van der Waals surface area contributed by atoms with E-state index in [0.717, 1.165) is 24.4 Å². The van der Waals surface area contributed by atoms with E-state index in [9.17, 15) is 0 Å². The standard InChI is InChI=1S/C13H15Cl2N3/c1-9(18-8-13-16-4-5-17-13)6-10-2-3-11(14)7-12(10)15/h2-5,7,9,18H,6,8H2,1H3,(H,16,17). The molecule has 1 unspecified atom stereocenters. The molecule has 1 atom stereocenters. The minimum atomic E-state index is 0.314. The lowest BCUT2D eigenvalue weighted by Crippen LogP contribution is -2.28. The van der Waals surface area contributed by atoms with Gasteiger partial charge in [-0.2, -0.15) is 0 Å². The van der Waals surface area contributed by atoms with Crippen molar-refractivity contribution < 1.29 is 0 Å². The van der Waals surface area contributed by atoms with E-state index < -0.39 is 0 Å². The summed E-state index contributed by atoms with van der Waals surface area (Å²) in [7, 11) is 0. The Hall–Kier alpha value is -1.03. The average molecular weight is 284 g/mol. The van der Waals surface area contributed by atoms with Crippen LogP contribution in [0.2, 0.25) is 10.0 Å². The van der Waals surface area contributed by atoms with Crippen LogP contribution in [-0.2, 0) is 13.0 Å². The monoisotopic (exact) mass is 283 g/mol. The molecule has 96 valence electrons. The molecule has 1 heterocycles. The minimum Gasteiger partial charge on any atom is -0.348 e. The largest absolute Gasteiger partial charge is 0.348 e. The lowest BCUT2D eigenvalue weighted by molar-refractivity contribution is 0.535. The van der Waals surface area contributed by atoms with E-state index in [0.29, 0.717) is 16.1 Å². The van der Waals surface area contributed by atoms with Crippen LogP contribution in [0.1, 0.15) is 18.3 Å². The fourth-order valence-corrected chi connectivity index (χ4v) is 2.24. The first-order chi connectivity index (χ1) is 8.65. The first kappa shape index (κ1) is 13.4. The third-order valence-corrected chi connectivity index (χ3v) is 3.30. The molecule has 1 aromatic heterocycles. The average Bonchev–Trinajstić information content (AvgIpc) is 2.83. The number of nitrogens with one attached hydrogen (secondary N) is 2. The highest BCUT2D eigenvalue weighted by Gasteiger charge is 2.07. The first-order valence-corrected chi connectivity index (χ1v) is 6.56. The highest BCUT2D eigenvalue weighted by atomic mass is 35.5. The van der Waals surface area contributed by atoms with Crippen LogP contribution < -0.4 is 5.32 Å². The van der Waals surface area contributed by atoms with Crippen LogP contribution >= 0.6 is 23.2 Å². The molecule has 2 rings (SSSR count). The smallest absolute Gasteiger partial charge is 0.120 e. The maximum Gasteiger partial charge on any atom is 0.120 e. The third-order valence-electron chi connectivity index (χ3n) is 2.71. The van der Waals surface area contributed by atoms with Crippen molar-refractivity contribution in [3.05, 3.63) is 52.0 Å². The number of hydrogen-bond acceptors (Lipinski definition) is 2. The van der Waals surface area contributed by atoms with Crippen molar-refractivity contribution in [2.75, 3.05) is 0 Å². The first-order valence-electron chi connectivity index (χ1n) is 5.80. The van der Waals surface area contributed by atoms with E-state index in [1.54, 1.807) is 12.3 Å². The van der Waals surface area contributed by atoms with E-state index in [1.807, 2.05) is 18.3 Å². The third kappa shape index (κ3) is 3.73. The van der Waals surface area contributed by atoms with Crippen molar-refractivity contribution in [3.63, 3.8) is 0 Å². The Kier molecular flexibility index (Phi) is 4.64. The summed E-state index contributed by atoms with van der Waals surface area (Å²) in [6.07, 6.45) is 4.42. The zero-order chi connectivity index (χ0) is 13.0. The van der Waals surface area contributed by atoms with Crippen LogP contribution in [0.4, 0.5) is 0 Å². The molecule has 0 aliphatic carbocycles. The maximum atomic E-state index is 6.14. The second kappa shape index (κ2) is 6.23. The Bertz CT molecular complexity index is 497. The van der Waals surface area contributed by atoms with Crippen LogP contribution in [-0.4, -0.2) is 16.0 Å². The lowest BCUT2D eigenvalue weighted by Gasteiger charge is -2.14. The van der Waals surface area contributed by atoms with Gasteiger partial charge in [0.1, 0.15) is 5.82 Å². The van der Waals surface area contributed by atoms with Crippen molar-refractivity contribution in [1.82, 2.24) is 15.3 Å². The Morgan fingerprint density at radius 2 is 2.22 bits per heavy atom. The molecule has 18 heavy (non-hydrogen) atoms. The molecular weight excluding hydrogens is 269 g/mol. The SMILES string of the molecule is CC(Cc1ccc(Cl)cc1Cl)NCc1ncc[nH]1. The summed E-state index contributed by atoms with van der Waals surface area (Å²) in [6.45, 7) is 2.84. The molecule has 0 fully saturated rings. The number of halogens is 2. The molecule has 0 radical (unpaired) electrons. The van der Waals surface area contributed by atoms with Crippen LogP contribution in [0.5, 0.6) is 0 Å². The van der Waals surface area contributed by atoms with E-state index in [4.69, 9.17) is 23.2 Å². The molecule has 3 nitrogen and oxygen atoms in total. The maximum absolute atomic E-state index is 6.14. The summed E-state index contributed by atoms with van der Waals surface area (Å²) in [4.78, 5) is 7.22. The summed E-state index contributed by atoms with van der Waals surface area (Å²) in [5.74, 6) is 0.934. The molecule has 0 amide bonds. The number of H-pyrrole nitrogens is 1. The van der Waals surface area contributed by atoms with Gasteiger partial charge in [0.15, 0.2) is 0 Å². The molecule has 2 aromatic rings. The van der Waals surface area contributed by atoms with E-state index in [-0.39, 0.29) is 0 Å². The summed E-state index contributed by atoms with van der Waals surface area (Å²) < 4.78 is 0. The number of hydrogen-bond donors (Lipinski definition) is 2. The summed E-state index contributed by atoms with van der Waals surface area (Å²) >= 11 is 12.0. The molecule has 0 aliphatic rings. The second-order valence-corrected chi connectivity index (χ2v) is 5.10. The minimum absolute atomic E-state index is 0.314. The van der Waals surface area contributed by atoms with Gasteiger partial charge in [0.05, 0.1) is 6.54 Å². The van der Waals surface area contributed by atoms with Gasteiger partial charge < -0.3 is 10.3 Å². The highest BCUT2D eigenvalue weighted by molar-refractivity contribution is 6.35. The number of nitrogens with zero attached hydrogens (tertiary/aromatic N) is 1. The molecular formula is C13H15Cl2N3. The fourth-order valence-electron chi connectivity index (χ4n) is 1.75. The number of aromatic amines is 1. The molecule has 0 saturated carbocycles. The Morgan fingerprint density at radius 1 is 1.39 bits per heavy atom. The predicted molar refractivity (Wildman–Crippen MR) is 75.1 cm³/mol. The zero-order valence-electron chi connectivity index (χ0n) is 10.1. The Balaban J connectivity index is 1.88. The summed E-state index contributed by atoms with van der Waals surface area (Å²) in [6, 6.07) is 5.92. The number of imidazole rings is 1. The van der Waals surface area contributed by atoms with Gasteiger partial charge in [-0.3, -0.25) is 0 Å². The number of rotatable bonds is 5. The molecule has 5 heteroatoms. The topological polar surface area (TPSA) is 40.7 Å². The van der Waals surface area contributed by atoms with Crippen molar-refractivity contribution in [1.29, 1.82) is 0 Å². The Labute approximate surface area is 117 Å². The van der Waals surface area contributed by atoms with Gasteiger partial charge in [0.25, 0.3) is 0 Å². The summed E-state index contributed by atoms with van der Waals surface area (Å²) in [5, 5.41) is 4.77. The summed E-state index contributed by atoms with van der Waals surface area (Å²) in [5.41, 5.74) is 1.10. The Morgan fingerprint density at radius 3 is 2.89 bits per heavy atom. The number of benzene rings is 1. The van der Waals surface area contributed by atoms with Crippen LogP contribution in [0, 0.1) is 0 Å². The van der Waals surface area contributed by atoms with Gasteiger partial charge in [-0.15, -0.1) is 0 Å². The van der Waals surface area contributed by atoms with Crippen molar-refractivity contribution in [2.45, 2.75) is 25.9 Å². The van der Waals surface area contributed by atoms with Crippen LogP contribution in [0.15, 0.2) is 30.6 Å². The van der Waals surface area contributed by atoms with Crippen molar-refractivity contribution in [2.24, 2.45) is 0 Å². The fraction of sp³-hybridized carbons (Fsp3) is 0.308. The van der Waals surface area contributed by atoms with E-state index in [1.165, 1.54) is 0 Å². The van der Waals surface area contributed by atoms with Gasteiger partial charge in [-0.25, -0.2) is 4.98 Å². The zero-order valence-corrected chi connectivity index (χ0v) is 11.6. The van der Waals surface area contributed by atoms with Gasteiger partial charge in [0, 0.05) is 28.5 Å². The predicted octanol–water partition coefficient (Wildman–Crippen LogP) is 3.44. The molecule has 2 N–H and O–H groups in total. The lowest BCUT2D eigenvalue weighted by atomic mass is 10.1. The van der Waals surface area contributed by atoms with Gasteiger partial charge in [-0.05, 0) is 31.0 Å².